The number of nitrogens with zero attached hydrogens (tertiary/aromatic N) is 3. The monoisotopic (exact) mass is 772 g/mol. The molecular weight excluding hydrogens is 720 g/mol. The van der Waals surface area contributed by atoms with Crippen LogP contribution in [-0.2, 0) is 29.2 Å². The van der Waals surface area contributed by atoms with E-state index in [-0.39, 0.29) is 11.8 Å². The summed E-state index contributed by atoms with van der Waals surface area (Å²) in [6.45, 7) is 8.68. The Morgan fingerprint density at radius 3 is 2.16 bits per heavy atom. The van der Waals surface area contributed by atoms with E-state index in [1.807, 2.05) is 24.3 Å². The summed E-state index contributed by atoms with van der Waals surface area (Å²) in [5.41, 5.74) is 8.92. The highest BCUT2D eigenvalue weighted by atomic mass is 35.5. The van der Waals surface area contributed by atoms with Gasteiger partial charge >= 0.3 is 0 Å². The molecule has 0 aliphatic carbocycles. The summed E-state index contributed by atoms with van der Waals surface area (Å²) < 4.78 is 25.1. The zero-order chi connectivity index (χ0) is 38.2. The van der Waals surface area contributed by atoms with E-state index in [1.54, 1.807) is 24.3 Å². The Morgan fingerprint density at radius 1 is 0.764 bits per heavy atom. The van der Waals surface area contributed by atoms with Gasteiger partial charge in [-0.1, -0.05) is 108 Å². The molecule has 0 spiro atoms. The predicted molar refractivity (Wildman–Crippen MR) is 228 cm³/mol. The Bertz CT molecular complexity index is 2230. The normalized spacial score (nSPS) is 17.5. The lowest BCUT2D eigenvalue weighted by Crippen LogP contribution is -2.47. The number of aromatic nitrogens is 1. The molecular formula is C47H53ClN4O2S. The van der Waals surface area contributed by atoms with Gasteiger partial charge in [-0.3, -0.25) is 9.80 Å². The molecule has 2 aliphatic rings. The highest BCUT2D eigenvalue weighted by Gasteiger charge is 2.27. The van der Waals surface area contributed by atoms with Crippen molar-refractivity contribution in [2.24, 2.45) is 0 Å². The lowest BCUT2D eigenvalue weighted by molar-refractivity contribution is 0.105. The first-order chi connectivity index (χ1) is 26.7. The molecule has 5 aromatic carbocycles. The third kappa shape index (κ3) is 10.1. The van der Waals surface area contributed by atoms with Gasteiger partial charge in [0.1, 0.15) is 0 Å². The molecule has 2 fully saturated rings. The van der Waals surface area contributed by atoms with Crippen LogP contribution in [0.25, 0.3) is 10.9 Å². The van der Waals surface area contributed by atoms with Gasteiger partial charge in [-0.25, -0.2) is 8.42 Å². The first-order valence-electron chi connectivity index (χ1n) is 19.6. The summed E-state index contributed by atoms with van der Waals surface area (Å²) in [5.74, 6) is 0.133. The minimum absolute atomic E-state index is 0.133. The molecule has 3 heterocycles. The van der Waals surface area contributed by atoms with E-state index < -0.39 is 9.84 Å². The average molecular weight is 773 g/mol. The van der Waals surface area contributed by atoms with Crippen molar-refractivity contribution < 1.29 is 8.42 Å². The smallest absolute Gasteiger partial charge is 0.178 e. The number of piperazine rings is 1. The number of likely N-dealkylation sites (N-methyl/N-ethyl adjacent to an activating group) is 1. The maximum atomic E-state index is 12.5. The number of hydrogen-bond acceptors (Lipinski definition) is 5. The molecule has 2 saturated heterocycles. The molecule has 2 aliphatic heterocycles. The van der Waals surface area contributed by atoms with Crippen molar-refractivity contribution in [1.29, 1.82) is 0 Å². The van der Waals surface area contributed by atoms with Gasteiger partial charge in [0, 0.05) is 60.9 Å². The van der Waals surface area contributed by atoms with Crippen LogP contribution in [0.2, 0.25) is 5.02 Å². The molecule has 1 unspecified atom stereocenters. The predicted octanol–water partition coefficient (Wildman–Crippen LogP) is 9.38. The number of nitrogens with one attached hydrogen (secondary N) is 1. The molecule has 8 heteroatoms. The van der Waals surface area contributed by atoms with E-state index in [0.717, 1.165) is 55.2 Å². The van der Waals surface area contributed by atoms with Crippen LogP contribution < -0.4 is 0 Å². The molecule has 286 valence electrons. The molecule has 0 radical (unpaired) electrons. The number of aromatic amines is 1. The summed E-state index contributed by atoms with van der Waals surface area (Å²) in [4.78, 5) is 11.4. The second-order valence-electron chi connectivity index (χ2n) is 15.2. The molecule has 55 heavy (non-hydrogen) atoms. The highest BCUT2D eigenvalue weighted by Crippen LogP contribution is 2.31. The van der Waals surface area contributed by atoms with Crippen LogP contribution in [0.4, 0.5) is 0 Å². The highest BCUT2D eigenvalue weighted by molar-refractivity contribution is 7.91. The van der Waals surface area contributed by atoms with Gasteiger partial charge in [0.25, 0.3) is 0 Å². The number of hydrogen-bond donors (Lipinski definition) is 1. The van der Waals surface area contributed by atoms with Crippen molar-refractivity contribution in [3.8, 4) is 0 Å². The third-order valence-electron chi connectivity index (χ3n) is 11.3. The summed E-state index contributed by atoms with van der Waals surface area (Å²) in [6, 6.07) is 43.9. The van der Waals surface area contributed by atoms with Gasteiger partial charge < -0.3 is 9.88 Å². The van der Waals surface area contributed by atoms with E-state index in [0.29, 0.717) is 17.4 Å². The standard InChI is InChI=1S/C25H27ClN2.C22H26N2O2S/c1-20-6-5-7-21(18-20)19-27-14-16-28(17-15-27)25(22-8-3-2-4-9-22)23-10-12-24(26)13-11-23;1-24-12-5-6-19(24)15-18-16-23-22-10-9-17(14-21(18)22)11-13-27(25,26)20-7-3-2-4-8-20/h2-13,18,25H,14-17,19H2,1H3;2-4,7-10,14,16,19,23H,5-6,11-13,15H2,1H3/t;19-/m.1/s1. The number of rotatable bonds is 11. The number of H-pyrrole nitrogens is 1. The summed E-state index contributed by atoms with van der Waals surface area (Å²) in [6.07, 6.45) is 6.20. The minimum Gasteiger partial charge on any atom is -0.361 e. The maximum absolute atomic E-state index is 12.5. The number of likely N-dealkylation sites (tertiary alicyclic amines) is 1. The van der Waals surface area contributed by atoms with Crippen LogP contribution in [0.1, 0.15) is 52.3 Å². The topological polar surface area (TPSA) is 59.7 Å². The van der Waals surface area contributed by atoms with Crippen LogP contribution in [0.3, 0.4) is 0 Å². The van der Waals surface area contributed by atoms with E-state index in [2.05, 4.69) is 119 Å². The summed E-state index contributed by atoms with van der Waals surface area (Å²) in [7, 11) is -1.05. The molecule has 6 aromatic rings. The van der Waals surface area contributed by atoms with Gasteiger partial charge in [-0.15, -0.1) is 0 Å². The van der Waals surface area contributed by atoms with Crippen molar-refractivity contribution in [2.75, 3.05) is 45.5 Å². The van der Waals surface area contributed by atoms with Crippen molar-refractivity contribution in [1.82, 2.24) is 19.7 Å². The summed E-state index contributed by atoms with van der Waals surface area (Å²) in [5, 5.41) is 2.02. The Kier molecular flexibility index (Phi) is 12.9. The van der Waals surface area contributed by atoms with Gasteiger partial charge in [0.15, 0.2) is 9.84 Å². The molecule has 2 atom stereocenters. The number of sulfone groups is 1. The molecule has 0 saturated carbocycles. The average Bonchev–Trinajstić information content (AvgIpc) is 3.81. The van der Waals surface area contributed by atoms with Crippen molar-refractivity contribution >= 4 is 32.3 Å². The second kappa shape index (κ2) is 18.1. The van der Waals surface area contributed by atoms with Crippen LogP contribution in [0.15, 0.2) is 138 Å². The second-order valence-corrected chi connectivity index (χ2v) is 17.8. The van der Waals surface area contributed by atoms with Crippen LogP contribution in [0, 0.1) is 6.92 Å². The zero-order valence-corrected chi connectivity index (χ0v) is 33.7. The van der Waals surface area contributed by atoms with Crippen LogP contribution >= 0.6 is 11.6 Å². The Morgan fingerprint density at radius 2 is 1.47 bits per heavy atom. The third-order valence-corrected chi connectivity index (χ3v) is 13.3. The number of benzene rings is 5. The van der Waals surface area contributed by atoms with E-state index in [4.69, 9.17) is 11.6 Å². The molecule has 1 N–H and O–H groups in total. The van der Waals surface area contributed by atoms with Crippen molar-refractivity contribution in [3.63, 3.8) is 0 Å². The fourth-order valence-electron chi connectivity index (χ4n) is 8.18. The first kappa shape index (κ1) is 39.0. The van der Waals surface area contributed by atoms with Gasteiger partial charge in [-0.05, 0) is 110 Å². The fourth-order valence-corrected chi connectivity index (χ4v) is 9.62. The van der Waals surface area contributed by atoms with Gasteiger partial charge in [0.05, 0.1) is 16.7 Å². The lowest BCUT2D eigenvalue weighted by Gasteiger charge is -2.40. The fraction of sp³-hybridized carbons (Fsp3) is 0.319. The molecule has 8 rings (SSSR count). The molecule has 6 nitrogen and oxygen atoms in total. The Hall–Kier alpha value is -4.24. The quantitative estimate of drug-likeness (QED) is 0.142. The van der Waals surface area contributed by atoms with Crippen LogP contribution in [-0.4, -0.2) is 79.7 Å². The van der Waals surface area contributed by atoms with Crippen molar-refractivity contribution in [3.05, 3.63) is 172 Å². The van der Waals surface area contributed by atoms with E-state index in [1.165, 1.54) is 52.6 Å². The Labute approximate surface area is 332 Å². The number of aryl methyl sites for hydroxylation is 2. The van der Waals surface area contributed by atoms with Gasteiger partial charge in [-0.2, -0.15) is 0 Å². The minimum atomic E-state index is -3.25. The Balaban J connectivity index is 0.000000169. The molecule has 0 amide bonds. The van der Waals surface area contributed by atoms with Gasteiger partial charge in [0.2, 0.25) is 0 Å². The SMILES string of the molecule is CN1CCC[C@@H]1Cc1c[nH]c2ccc(CCS(=O)(=O)c3ccccc3)cc12.Cc1cccc(CN2CCN(C(c3ccccc3)c3ccc(Cl)cc3)CC2)c1. The van der Waals surface area contributed by atoms with Crippen molar-refractivity contribution in [2.45, 2.75) is 56.1 Å². The number of halogens is 1. The number of fused-ring (bicyclic) bond motifs is 1. The largest absolute Gasteiger partial charge is 0.361 e. The van der Waals surface area contributed by atoms with E-state index in [9.17, 15) is 8.42 Å². The summed E-state index contributed by atoms with van der Waals surface area (Å²) >= 11 is 6.14. The van der Waals surface area contributed by atoms with Crippen LogP contribution in [0.5, 0.6) is 0 Å². The molecule has 1 aromatic heterocycles. The zero-order valence-electron chi connectivity index (χ0n) is 32.1. The lowest BCUT2D eigenvalue weighted by atomic mass is 9.96. The first-order valence-corrected chi connectivity index (χ1v) is 21.6. The van der Waals surface area contributed by atoms with E-state index >= 15 is 0 Å². The maximum Gasteiger partial charge on any atom is 0.178 e. The molecule has 0 bridgehead atoms.